The third-order valence-electron chi connectivity index (χ3n) is 7.62. The van der Waals surface area contributed by atoms with Gasteiger partial charge in [0.1, 0.15) is 0 Å². The lowest BCUT2D eigenvalue weighted by molar-refractivity contribution is -0.0744. The molecule has 0 spiro atoms. The zero-order valence-corrected chi connectivity index (χ0v) is 18.6. The van der Waals surface area contributed by atoms with Gasteiger partial charge in [0.05, 0.1) is 19.3 Å². The number of hydrogen-bond donors (Lipinski definition) is 1. The molecular weight excluding hydrogens is 392 g/mol. The maximum Gasteiger partial charge on any atom is 0.409 e. The van der Waals surface area contributed by atoms with Crippen molar-refractivity contribution in [2.24, 2.45) is 23.2 Å². The van der Waals surface area contributed by atoms with Crippen molar-refractivity contribution in [3.63, 3.8) is 0 Å². The molecule has 5 rings (SSSR count). The quantitative estimate of drug-likeness (QED) is 0.539. The average molecular weight is 430 g/mol. The molecular formula is C22H38ClN2O4-. The van der Waals surface area contributed by atoms with E-state index >= 15 is 0 Å². The van der Waals surface area contributed by atoms with E-state index in [1.165, 1.54) is 44.9 Å². The molecule has 4 aliphatic carbocycles. The second-order valence-electron chi connectivity index (χ2n) is 9.88. The summed E-state index contributed by atoms with van der Waals surface area (Å²) in [6, 6.07) is 0. The second kappa shape index (κ2) is 10.2. The van der Waals surface area contributed by atoms with Gasteiger partial charge in [-0.2, -0.15) is 0 Å². The minimum absolute atomic E-state index is 0. The number of carbonyl (C=O) groups excluding carboxylic acids is 1. The fraction of sp³-hybridized carbons (Fsp3) is 0.955. The number of piperazine rings is 1. The molecule has 0 radical (unpaired) electrons. The van der Waals surface area contributed by atoms with Crippen molar-refractivity contribution in [2.75, 3.05) is 52.5 Å². The Kier molecular flexibility index (Phi) is 8.10. The second-order valence-corrected chi connectivity index (χ2v) is 9.88. The predicted octanol–water partition coefficient (Wildman–Crippen LogP) is -0.251. The summed E-state index contributed by atoms with van der Waals surface area (Å²) >= 11 is 0. The SMILES string of the molecule is CCOC(=O)N1CCN(CC(O)COCCC23CC4CC(CC(C4)C2)C3)CC1.[Cl-]. The first kappa shape index (κ1) is 23.1. The fourth-order valence-electron chi connectivity index (χ4n) is 6.78. The van der Waals surface area contributed by atoms with Gasteiger partial charge in [-0.15, -0.1) is 0 Å². The van der Waals surface area contributed by atoms with E-state index in [4.69, 9.17) is 9.47 Å². The van der Waals surface area contributed by atoms with Crippen LogP contribution in [0.5, 0.6) is 0 Å². The number of carbonyl (C=O) groups is 1. The van der Waals surface area contributed by atoms with Gasteiger partial charge in [-0.3, -0.25) is 4.90 Å². The Morgan fingerprint density at radius 1 is 1.07 bits per heavy atom. The molecule has 4 saturated carbocycles. The summed E-state index contributed by atoms with van der Waals surface area (Å²) in [5.41, 5.74) is 0.559. The van der Waals surface area contributed by atoms with Gasteiger partial charge in [0.2, 0.25) is 0 Å². The highest BCUT2D eigenvalue weighted by Crippen LogP contribution is 2.61. The third-order valence-corrected chi connectivity index (χ3v) is 7.62. The summed E-state index contributed by atoms with van der Waals surface area (Å²) in [6.45, 7) is 6.97. The van der Waals surface area contributed by atoms with Crippen LogP contribution in [0.2, 0.25) is 0 Å². The highest BCUT2D eigenvalue weighted by atomic mass is 35.5. The van der Waals surface area contributed by atoms with Gasteiger partial charge >= 0.3 is 6.09 Å². The molecule has 1 heterocycles. The summed E-state index contributed by atoms with van der Waals surface area (Å²) < 4.78 is 11.0. The van der Waals surface area contributed by atoms with E-state index in [0.29, 0.717) is 38.3 Å². The smallest absolute Gasteiger partial charge is 0.409 e. The Morgan fingerprint density at radius 3 is 2.21 bits per heavy atom. The number of halogens is 1. The largest absolute Gasteiger partial charge is 1.00 e. The highest BCUT2D eigenvalue weighted by Gasteiger charge is 2.50. The highest BCUT2D eigenvalue weighted by molar-refractivity contribution is 5.67. The molecule has 1 unspecified atom stereocenters. The fourth-order valence-corrected chi connectivity index (χ4v) is 6.78. The molecule has 7 heteroatoms. The Labute approximate surface area is 181 Å². The molecule has 1 aliphatic heterocycles. The Balaban J connectivity index is 0.00000240. The van der Waals surface area contributed by atoms with Crippen LogP contribution in [0.25, 0.3) is 0 Å². The molecule has 6 nitrogen and oxygen atoms in total. The van der Waals surface area contributed by atoms with E-state index in [1.807, 2.05) is 6.92 Å². The summed E-state index contributed by atoms with van der Waals surface area (Å²) in [7, 11) is 0. The zero-order chi connectivity index (χ0) is 19.6. The standard InChI is InChI=1S/C22H38N2O4.ClH/c1-2-28-21(26)24-6-4-23(5-7-24)15-20(25)16-27-8-3-22-12-17-9-18(13-22)11-19(10-17)14-22;/h17-20,25H,2-16H2,1H3;1H/p-1. The number of nitrogens with zero attached hydrogens (tertiary/aromatic N) is 2. The van der Waals surface area contributed by atoms with Crippen LogP contribution in [0.4, 0.5) is 4.79 Å². The van der Waals surface area contributed by atoms with Crippen molar-refractivity contribution in [3.05, 3.63) is 0 Å². The first-order chi connectivity index (χ1) is 13.5. The van der Waals surface area contributed by atoms with Gasteiger partial charge in [0.25, 0.3) is 0 Å². The summed E-state index contributed by atoms with van der Waals surface area (Å²) in [5, 5.41) is 10.3. The van der Waals surface area contributed by atoms with Crippen molar-refractivity contribution in [1.82, 2.24) is 9.80 Å². The minimum atomic E-state index is -0.453. The summed E-state index contributed by atoms with van der Waals surface area (Å²) in [6.07, 6.45) is 9.25. The molecule has 29 heavy (non-hydrogen) atoms. The molecule has 1 atom stereocenters. The Morgan fingerprint density at radius 2 is 1.66 bits per heavy atom. The predicted molar refractivity (Wildman–Crippen MR) is 107 cm³/mol. The number of ether oxygens (including phenoxy) is 2. The lowest BCUT2D eigenvalue weighted by atomic mass is 9.49. The maximum absolute atomic E-state index is 11.7. The van der Waals surface area contributed by atoms with Crippen LogP contribution in [-0.2, 0) is 9.47 Å². The van der Waals surface area contributed by atoms with Crippen molar-refractivity contribution >= 4 is 6.09 Å². The molecule has 0 aromatic rings. The molecule has 1 amide bonds. The van der Waals surface area contributed by atoms with Crippen molar-refractivity contribution < 1.29 is 31.8 Å². The molecule has 5 fully saturated rings. The lowest BCUT2D eigenvalue weighted by Gasteiger charge is -2.57. The van der Waals surface area contributed by atoms with Gasteiger partial charge in [0, 0.05) is 39.3 Å². The first-order valence-electron chi connectivity index (χ1n) is 11.4. The topological polar surface area (TPSA) is 62.2 Å². The van der Waals surface area contributed by atoms with Gasteiger partial charge in [-0.05, 0) is 75.0 Å². The maximum atomic E-state index is 11.7. The van der Waals surface area contributed by atoms with Crippen LogP contribution in [0, 0.1) is 23.2 Å². The molecule has 168 valence electrons. The van der Waals surface area contributed by atoms with Crippen LogP contribution >= 0.6 is 0 Å². The molecule has 0 aromatic carbocycles. The van der Waals surface area contributed by atoms with Crippen LogP contribution in [0.15, 0.2) is 0 Å². The van der Waals surface area contributed by atoms with Crippen LogP contribution in [0.1, 0.15) is 51.9 Å². The van der Waals surface area contributed by atoms with Crippen molar-refractivity contribution in [1.29, 1.82) is 0 Å². The van der Waals surface area contributed by atoms with E-state index < -0.39 is 6.10 Å². The van der Waals surface area contributed by atoms with Crippen LogP contribution in [0.3, 0.4) is 0 Å². The minimum Gasteiger partial charge on any atom is -1.00 e. The van der Waals surface area contributed by atoms with Gasteiger partial charge in [0.15, 0.2) is 0 Å². The van der Waals surface area contributed by atoms with E-state index in [0.717, 1.165) is 37.5 Å². The summed E-state index contributed by atoms with van der Waals surface area (Å²) in [5.74, 6) is 2.97. The van der Waals surface area contributed by atoms with Crippen LogP contribution in [-0.4, -0.2) is 79.6 Å². The van der Waals surface area contributed by atoms with E-state index in [9.17, 15) is 9.90 Å². The molecule has 5 aliphatic rings. The summed E-state index contributed by atoms with van der Waals surface area (Å²) in [4.78, 5) is 15.7. The van der Waals surface area contributed by atoms with Crippen molar-refractivity contribution in [3.8, 4) is 0 Å². The first-order valence-corrected chi connectivity index (χ1v) is 11.4. The Hall–Kier alpha value is -0.560. The van der Waals surface area contributed by atoms with Gasteiger partial charge < -0.3 is 31.9 Å². The molecule has 1 N–H and O–H groups in total. The van der Waals surface area contributed by atoms with E-state index in [2.05, 4.69) is 4.90 Å². The molecule has 1 saturated heterocycles. The molecule has 4 bridgehead atoms. The normalized spacial score (nSPS) is 34.7. The number of rotatable bonds is 8. The van der Waals surface area contributed by atoms with Crippen molar-refractivity contribution in [2.45, 2.75) is 58.0 Å². The monoisotopic (exact) mass is 429 g/mol. The van der Waals surface area contributed by atoms with Gasteiger partial charge in [-0.1, -0.05) is 0 Å². The molecule has 0 aromatic heterocycles. The van der Waals surface area contributed by atoms with Gasteiger partial charge in [-0.25, -0.2) is 4.79 Å². The lowest BCUT2D eigenvalue weighted by Crippen LogP contribution is -3.00. The Bertz CT molecular complexity index is 504. The van der Waals surface area contributed by atoms with Crippen LogP contribution < -0.4 is 12.4 Å². The van der Waals surface area contributed by atoms with E-state index in [1.54, 1.807) is 4.90 Å². The zero-order valence-electron chi connectivity index (χ0n) is 17.9. The number of hydrogen-bond acceptors (Lipinski definition) is 5. The number of β-amino-alcohol motifs (C(OH)–C–C–N with tert-alkyl or cyclic N) is 1. The van der Waals surface area contributed by atoms with E-state index in [-0.39, 0.29) is 18.5 Å². The number of amides is 1. The average Bonchev–Trinajstić information content (AvgIpc) is 2.65. The number of aliphatic hydroxyl groups excluding tert-OH is 1. The number of aliphatic hydroxyl groups is 1. The third kappa shape index (κ3) is 5.78.